The first-order valence-corrected chi connectivity index (χ1v) is 9.18. The first kappa shape index (κ1) is 19.6. The van der Waals surface area contributed by atoms with Gasteiger partial charge in [-0.3, -0.25) is 4.98 Å². The van der Waals surface area contributed by atoms with Gasteiger partial charge in [0.1, 0.15) is 11.3 Å². The summed E-state index contributed by atoms with van der Waals surface area (Å²) in [5.41, 5.74) is 1.82. The SMILES string of the molecule is CCN(C(=O)OC(C)(C)C)C(C)c1ccnc(-c2cn3ccnc3c(O)n2)c1. The Labute approximate surface area is 163 Å². The molecule has 1 atom stereocenters. The molecule has 8 heteroatoms. The van der Waals surface area contributed by atoms with Crippen molar-refractivity contribution in [2.24, 2.45) is 0 Å². The second-order valence-electron chi connectivity index (χ2n) is 7.52. The van der Waals surface area contributed by atoms with E-state index in [4.69, 9.17) is 4.74 Å². The van der Waals surface area contributed by atoms with Gasteiger partial charge in [0, 0.05) is 31.3 Å². The quantitative estimate of drug-likeness (QED) is 0.736. The predicted molar refractivity (Wildman–Crippen MR) is 105 cm³/mol. The normalized spacial score (nSPS) is 12.8. The first-order chi connectivity index (χ1) is 13.2. The zero-order chi connectivity index (χ0) is 20.5. The molecule has 0 aliphatic carbocycles. The van der Waals surface area contributed by atoms with Crippen LogP contribution in [-0.2, 0) is 4.74 Å². The minimum Gasteiger partial charge on any atom is -0.491 e. The van der Waals surface area contributed by atoms with Crippen LogP contribution in [0.4, 0.5) is 4.79 Å². The van der Waals surface area contributed by atoms with E-state index in [1.807, 2.05) is 46.8 Å². The van der Waals surface area contributed by atoms with Crippen molar-refractivity contribution < 1.29 is 14.6 Å². The average molecular weight is 383 g/mol. The van der Waals surface area contributed by atoms with Crippen molar-refractivity contribution >= 4 is 11.7 Å². The third-order valence-electron chi connectivity index (χ3n) is 4.32. The van der Waals surface area contributed by atoms with Crippen LogP contribution in [0.15, 0.2) is 36.9 Å². The van der Waals surface area contributed by atoms with Crippen LogP contribution in [0, 0.1) is 0 Å². The van der Waals surface area contributed by atoms with Gasteiger partial charge >= 0.3 is 6.09 Å². The molecule has 0 fully saturated rings. The van der Waals surface area contributed by atoms with Crippen molar-refractivity contribution in [2.75, 3.05) is 6.54 Å². The van der Waals surface area contributed by atoms with Gasteiger partial charge in [-0.2, -0.15) is 0 Å². The van der Waals surface area contributed by atoms with Crippen LogP contribution in [0.25, 0.3) is 17.0 Å². The Morgan fingerprint density at radius 2 is 2.04 bits per heavy atom. The lowest BCUT2D eigenvalue weighted by atomic mass is 10.1. The van der Waals surface area contributed by atoms with Crippen LogP contribution in [0.1, 0.15) is 46.2 Å². The summed E-state index contributed by atoms with van der Waals surface area (Å²) in [4.78, 5) is 26.8. The summed E-state index contributed by atoms with van der Waals surface area (Å²) in [5.74, 6) is -0.160. The molecular weight excluding hydrogens is 358 g/mol. The highest BCUT2D eigenvalue weighted by Gasteiger charge is 2.26. The van der Waals surface area contributed by atoms with E-state index in [0.29, 0.717) is 23.6 Å². The average Bonchev–Trinajstić information content (AvgIpc) is 3.10. The summed E-state index contributed by atoms with van der Waals surface area (Å²) >= 11 is 0. The van der Waals surface area contributed by atoms with Gasteiger partial charge in [0.25, 0.3) is 5.88 Å². The third kappa shape index (κ3) is 4.05. The molecule has 148 valence electrons. The molecule has 3 heterocycles. The molecule has 0 saturated heterocycles. The maximum Gasteiger partial charge on any atom is 0.410 e. The molecule has 0 aliphatic rings. The standard InChI is InChI=1S/C20H25N5O3/c1-6-25(19(27)28-20(3,4)5)13(2)14-7-8-21-15(11-14)16-12-24-10-9-22-17(24)18(26)23-16/h7-13H,6H2,1-5H3,(H,23,26). The van der Waals surface area contributed by atoms with Crippen molar-refractivity contribution in [2.45, 2.75) is 46.3 Å². The number of fused-ring (bicyclic) bond motifs is 1. The fourth-order valence-electron chi connectivity index (χ4n) is 2.95. The van der Waals surface area contributed by atoms with Gasteiger partial charge in [0.2, 0.25) is 0 Å². The van der Waals surface area contributed by atoms with E-state index in [1.54, 1.807) is 34.1 Å². The van der Waals surface area contributed by atoms with Crippen molar-refractivity contribution in [3.05, 3.63) is 42.5 Å². The Kier molecular flexibility index (Phi) is 5.22. The number of pyridine rings is 1. The highest BCUT2D eigenvalue weighted by atomic mass is 16.6. The zero-order valence-electron chi connectivity index (χ0n) is 16.7. The molecule has 8 nitrogen and oxygen atoms in total. The van der Waals surface area contributed by atoms with Crippen molar-refractivity contribution in [1.29, 1.82) is 0 Å². The molecule has 1 unspecified atom stereocenters. The summed E-state index contributed by atoms with van der Waals surface area (Å²) in [5, 5.41) is 10.1. The number of ether oxygens (including phenoxy) is 1. The highest BCUT2D eigenvalue weighted by Crippen LogP contribution is 2.26. The molecule has 28 heavy (non-hydrogen) atoms. The van der Waals surface area contributed by atoms with Gasteiger partial charge in [0.05, 0.1) is 11.7 Å². The predicted octanol–water partition coefficient (Wildman–Crippen LogP) is 3.81. The third-order valence-corrected chi connectivity index (χ3v) is 4.32. The fraction of sp³-hybridized carbons (Fsp3) is 0.400. The van der Waals surface area contributed by atoms with E-state index in [-0.39, 0.29) is 18.0 Å². The molecular formula is C20H25N5O3. The number of aromatic nitrogens is 4. The summed E-state index contributed by atoms with van der Waals surface area (Å²) < 4.78 is 7.21. The van der Waals surface area contributed by atoms with Crippen LogP contribution in [0.3, 0.4) is 0 Å². The number of aromatic hydroxyl groups is 1. The highest BCUT2D eigenvalue weighted by molar-refractivity contribution is 5.69. The van der Waals surface area contributed by atoms with Gasteiger partial charge < -0.3 is 19.1 Å². The van der Waals surface area contributed by atoms with E-state index in [0.717, 1.165) is 5.56 Å². The molecule has 0 spiro atoms. The Bertz CT molecular complexity index is 993. The van der Waals surface area contributed by atoms with Gasteiger partial charge in [-0.1, -0.05) is 0 Å². The summed E-state index contributed by atoms with van der Waals surface area (Å²) in [7, 11) is 0. The van der Waals surface area contributed by atoms with E-state index >= 15 is 0 Å². The van der Waals surface area contributed by atoms with Gasteiger partial charge in [-0.25, -0.2) is 14.8 Å². The number of rotatable bonds is 4. The van der Waals surface area contributed by atoms with E-state index in [9.17, 15) is 9.90 Å². The molecule has 1 amide bonds. The van der Waals surface area contributed by atoms with E-state index < -0.39 is 5.60 Å². The molecule has 0 aromatic carbocycles. The second-order valence-corrected chi connectivity index (χ2v) is 7.52. The molecule has 3 rings (SSSR count). The number of hydrogen-bond acceptors (Lipinski definition) is 6. The van der Waals surface area contributed by atoms with E-state index in [1.165, 1.54) is 0 Å². The summed E-state index contributed by atoms with van der Waals surface area (Å²) in [6.45, 7) is 9.90. The van der Waals surface area contributed by atoms with Crippen LogP contribution in [0.2, 0.25) is 0 Å². The molecule has 0 bridgehead atoms. The maximum absolute atomic E-state index is 12.6. The smallest absolute Gasteiger partial charge is 0.410 e. The maximum atomic E-state index is 12.6. The van der Waals surface area contributed by atoms with Crippen molar-refractivity contribution in [3.63, 3.8) is 0 Å². The summed E-state index contributed by atoms with van der Waals surface area (Å²) in [6, 6.07) is 3.51. The van der Waals surface area contributed by atoms with Crippen LogP contribution in [0.5, 0.6) is 5.88 Å². The lowest BCUT2D eigenvalue weighted by Gasteiger charge is -2.31. The van der Waals surface area contributed by atoms with E-state index in [2.05, 4.69) is 15.0 Å². The topological polar surface area (TPSA) is 92.9 Å². The number of imidazole rings is 1. The Morgan fingerprint density at radius 1 is 1.29 bits per heavy atom. The first-order valence-electron chi connectivity index (χ1n) is 9.18. The van der Waals surface area contributed by atoms with Crippen molar-refractivity contribution in [3.8, 4) is 17.3 Å². The van der Waals surface area contributed by atoms with Gasteiger partial charge in [0.15, 0.2) is 5.65 Å². The Hall–Kier alpha value is -3.16. The van der Waals surface area contributed by atoms with Gasteiger partial charge in [-0.05, 0) is 52.3 Å². The largest absolute Gasteiger partial charge is 0.491 e. The second kappa shape index (κ2) is 7.46. The number of amides is 1. The molecule has 3 aromatic heterocycles. The minimum absolute atomic E-state index is 0.160. The Morgan fingerprint density at radius 3 is 2.71 bits per heavy atom. The minimum atomic E-state index is -0.560. The Balaban J connectivity index is 1.92. The lowest BCUT2D eigenvalue weighted by molar-refractivity contribution is 0.0186. The number of hydrogen-bond donors (Lipinski definition) is 1. The molecule has 3 aromatic rings. The monoisotopic (exact) mass is 383 g/mol. The molecule has 0 aliphatic heterocycles. The van der Waals surface area contributed by atoms with Gasteiger partial charge in [-0.15, -0.1) is 0 Å². The lowest BCUT2D eigenvalue weighted by Crippen LogP contribution is -2.38. The number of carbonyl (C=O) groups is 1. The van der Waals surface area contributed by atoms with Crippen LogP contribution >= 0.6 is 0 Å². The molecule has 0 radical (unpaired) electrons. The summed E-state index contributed by atoms with van der Waals surface area (Å²) in [6.07, 6.45) is 6.38. The van der Waals surface area contributed by atoms with Crippen LogP contribution < -0.4 is 0 Å². The number of carbonyl (C=O) groups excluding carboxylic acids is 1. The molecule has 0 saturated carbocycles. The number of nitrogens with zero attached hydrogens (tertiary/aromatic N) is 5. The molecule has 1 N–H and O–H groups in total. The zero-order valence-corrected chi connectivity index (χ0v) is 16.7. The fourth-order valence-corrected chi connectivity index (χ4v) is 2.95. The van der Waals surface area contributed by atoms with Crippen LogP contribution in [-0.4, -0.2) is 47.6 Å². The van der Waals surface area contributed by atoms with Crippen molar-refractivity contribution in [1.82, 2.24) is 24.3 Å².